The zero-order valence-electron chi connectivity index (χ0n) is 19.3. The highest BCUT2D eigenvalue weighted by atomic mass is 16.2. The Kier molecular flexibility index (Phi) is 9.01. The first-order valence-electron chi connectivity index (χ1n) is 10.9. The molecule has 10 heteroatoms. The van der Waals surface area contributed by atoms with Crippen LogP contribution in [-0.4, -0.2) is 63.4 Å². The van der Waals surface area contributed by atoms with Crippen LogP contribution in [0, 0.1) is 12.3 Å². The number of aromatic nitrogens is 3. The molecule has 1 aliphatic heterocycles. The summed E-state index contributed by atoms with van der Waals surface area (Å²) in [7, 11) is 1.00. The Labute approximate surface area is 199 Å². The highest BCUT2D eigenvalue weighted by molar-refractivity contribution is 5.92. The van der Waals surface area contributed by atoms with E-state index in [-0.39, 0.29) is 12.1 Å². The van der Waals surface area contributed by atoms with Gasteiger partial charge in [0, 0.05) is 74.5 Å². The third-order valence-corrected chi connectivity index (χ3v) is 5.25. The van der Waals surface area contributed by atoms with Gasteiger partial charge in [-0.25, -0.2) is 9.78 Å². The summed E-state index contributed by atoms with van der Waals surface area (Å²) >= 11 is 0. The van der Waals surface area contributed by atoms with E-state index in [9.17, 15) is 4.79 Å². The van der Waals surface area contributed by atoms with Gasteiger partial charge in [0.1, 0.15) is 5.82 Å². The van der Waals surface area contributed by atoms with Crippen LogP contribution in [0.1, 0.15) is 23.2 Å². The lowest BCUT2D eigenvalue weighted by molar-refractivity contribution is 0.247. The first-order valence-corrected chi connectivity index (χ1v) is 10.9. The molecule has 2 amide bonds. The molecule has 4 rings (SSSR count). The summed E-state index contributed by atoms with van der Waals surface area (Å²) < 4.78 is 0. The summed E-state index contributed by atoms with van der Waals surface area (Å²) in [6.45, 7) is 4.44. The second-order valence-electron chi connectivity index (χ2n) is 7.79. The molecular formula is C24H30N8O2. The van der Waals surface area contributed by atoms with Crippen LogP contribution in [-0.2, 0) is 6.54 Å². The molecule has 3 aromatic rings. The van der Waals surface area contributed by atoms with Crippen LogP contribution in [0.5, 0.6) is 0 Å². The van der Waals surface area contributed by atoms with Gasteiger partial charge < -0.3 is 21.1 Å². The Morgan fingerprint density at radius 1 is 1.24 bits per heavy atom. The number of amides is 2. The molecule has 5 N–H and O–H groups in total. The number of likely N-dealkylation sites (tertiary alicyclic amines) is 1. The van der Waals surface area contributed by atoms with Gasteiger partial charge >= 0.3 is 6.03 Å². The van der Waals surface area contributed by atoms with Crippen molar-refractivity contribution in [3.05, 3.63) is 71.9 Å². The van der Waals surface area contributed by atoms with Crippen molar-refractivity contribution in [1.82, 2.24) is 25.2 Å². The molecule has 34 heavy (non-hydrogen) atoms. The second-order valence-corrected chi connectivity index (χ2v) is 7.79. The molecule has 1 aliphatic rings. The molecule has 1 unspecified atom stereocenters. The molecule has 10 nitrogen and oxygen atoms in total. The lowest BCUT2D eigenvalue weighted by Gasteiger charge is -2.17. The fourth-order valence-electron chi connectivity index (χ4n) is 3.72. The zero-order chi connectivity index (χ0) is 24.3. The van der Waals surface area contributed by atoms with Crippen LogP contribution in [0.2, 0.25) is 0 Å². The highest BCUT2D eigenvalue weighted by Crippen LogP contribution is 2.21. The smallest absolute Gasteiger partial charge is 0.320 e. The Bertz CT molecular complexity index is 1090. The average molecular weight is 463 g/mol. The zero-order valence-corrected chi connectivity index (χ0v) is 19.3. The van der Waals surface area contributed by atoms with E-state index in [4.69, 9.17) is 10.5 Å². The van der Waals surface area contributed by atoms with Gasteiger partial charge in [0.2, 0.25) is 0 Å². The van der Waals surface area contributed by atoms with E-state index in [2.05, 4.69) is 41.9 Å². The fraction of sp³-hybridized carbons (Fsp3) is 0.292. The summed E-state index contributed by atoms with van der Waals surface area (Å²) in [5.41, 5.74) is 4.21. The van der Waals surface area contributed by atoms with E-state index in [0.29, 0.717) is 17.1 Å². The van der Waals surface area contributed by atoms with Gasteiger partial charge in [-0.15, -0.1) is 0 Å². The van der Waals surface area contributed by atoms with E-state index in [0.717, 1.165) is 50.1 Å². The van der Waals surface area contributed by atoms with Crippen molar-refractivity contribution < 1.29 is 9.90 Å². The number of hydrogen-bond donors (Lipinski definition) is 5. The molecule has 0 spiro atoms. The number of hydrogen-bond acceptors (Lipinski definition) is 8. The van der Waals surface area contributed by atoms with Crippen molar-refractivity contribution in [3.63, 3.8) is 0 Å². The molecule has 1 saturated heterocycles. The Balaban J connectivity index is 0.00000158. The number of nitrogens with zero attached hydrogens (tertiary/aromatic N) is 4. The Morgan fingerprint density at radius 2 is 2.09 bits per heavy atom. The number of anilines is 3. The summed E-state index contributed by atoms with van der Waals surface area (Å²) in [5.74, 6) is 0.391. The maximum absolute atomic E-state index is 12.5. The predicted octanol–water partition coefficient (Wildman–Crippen LogP) is 2.93. The minimum absolute atomic E-state index is 0.0738. The van der Waals surface area contributed by atoms with E-state index in [1.807, 2.05) is 31.3 Å². The minimum atomic E-state index is -0.299. The summed E-state index contributed by atoms with van der Waals surface area (Å²) in [6, 6.07) is 9.19. The van der Waals surface area contributed by atoms with Gasteiger partial charge in [-0.3, -0.25) is 20.2 Å². The molecule has 178 valence electrons. The van der Waals surface area contributed by atoms with Crippen LogP contribution < -0.4 is 16.0 Å². The molecule has 1 atom stereocenters. The van der Waals surface area contributed by atoms with Gasteiger partial charge in [-0.1, -0.05) is 6.07 Å². The number of carbonyl (C=O) groups excluding carboxylic acids is 1. The molecule has 4 heterocycles. The number of rotatable bonds is 7. The maximum atomic E-state index is 12.5. The molecule has 0 aliphatic carbocycles. The van der Waals surface area contributed by atoms with Gasteiger partial charge in [-0.2, -0.15) is 0 Å². The topological polar surface area (TPSA) is 139 Å². The van der Waals surface area contributed by atoms with Crippen molar-refractivity contribution in [2.45, 2.75) is 25.9 Å². The van der Waals surface area contributed by atoms with Crippen LogP contribution in [0.25, 0.3) is 0 Å². The number of carbonyl (C=O) groups is 1. The second kappa shape index (κ2) is 12.4. The first-order chi connectivity index (χ1) is 16.6. The minimum Gasteiger partial charge on any atom is -0.400 e. The van der Waals surface area contributed by atoms with Crippen molar-refractivity contribution in [2.75, 3.05) is 30.8 Å². The molecule has 3 aromatic heterocycles. The van der Waals surface area contributed by atoms with Crippen LogP contribution in [0.15, 0.2) is 55.1 Å². The summed E-state index contributed by atoms with van der Waals surface area (Å²) in [6.07, 6.45) is 9.08. The third kappa shape index (κ3) is 7.06. The third-order valence-electron chi connectivity index (χ3n) is 5.25. The highest BCUT2D eigenvalue weighted by Gasteiger charge is 2.24. The first kappa shape index (κ1) is 24.7. The Morgan fingerprint density at radius 3 is 2.82 bits per heavy atom. The predicted molar refractivity (Wildman–Crippen MR) is 133 cm³/mol. The van der Waals surface area contributed by atoms with E-state index in [1.54, 1.807) is 24.7 Å². The summed E-state index contributed by atoms with van der Waals surface area (Å²) in [5, 5.41) is 23.8. The maximum Gasteiger partial charge on any atom is 0.320 e. The molecule has 0 saturated carbocycles. The lowest BCUT2D eigenvalue weighted by Crippen LogP contribution is -2.39. The quantitative estimate of drug-likeness (QED) is 0.340. The molecule has 0 radical (unpaired) electrons. The van der Waals surface area contributed by atoms with E-state index < -0.39 is 0 Å². The number of aliphatic hydroxyl groups excluding tert-OH is 1. The number of aryl methyl sites for hydroxylation is 1. The number of pyridine rings is 3. The normalized spacial score (nSPS) is 15.1. The SMILES string of the molecule is CO.Cc1cc(Nc2cnc(NC(=O)NC3CCN(Cc4cccnc4)C3)cc2C=N)ccn1. The average Bonchev–Trinajstić information content (AvgIpc) is 3.28. The standard InChI is InChI=1S/C23H26N8O.CH4O/c1-16-9-19(4-7-26-16)28-21-13-27-22(10-18(21)11-24)30-23(32)29-20-5-8-31(15-20)14-17-3-2-6-25-12-17;1-2/h2-4,6-7,9-13,20,24H,5,8,14-15H2,1H3,(H,26,28)(H2,27,29,30,32);2H,1H3. The molecule has 0 aromatic carbocycles. The lowest BCUT2D eigenvalue weighted by atomic mass is 10.2. The van der Waals surface area contributed by atoms with Crippen molar-refractivity contribution >= 4 is 29.4 Å². The van der Waals surface area contributed by atoms with Crippen LogP contribution in [0.3, 0.4) is 0 Å². The fourth-order valence-corrected chi connectivity index (χ4v) is 3.72. The number of aliphatic hydroxyl groups is 1. The van der Waals surface area contributed by atoms with E-state index in [1.165, 1.54) is 6.21 Å². The molecular weight excluding hydrogens is 432 g/mol. The molecule has 0 bridgehead atoms. The number of urea groups is 1. The van der Waals surface area contributed by atoms with Crippen LogP contribution >= 0.6 is 0 Å². The van der Waals surface area contributed by atoms with Gasteiger partial charge in [0.05, 0.1) is 11.9 Å². The summed E-state index contributed by atoms with van der Waals surface area (Å²) in [4.78, 5) is 27.4. The van der Waals surface area contributed by atoms with Gasteiger partial charge in [0.15, 0.2) is 0 Å². The number of nitrogens with one attached hydrogen (secondary N) is 4. The monoisotopic (exact) mass is 462 g/mol. The van der Waals surface area contributed by atoms with Gasteiger partial charge in [0.25, 0.3) is 0 Å². The van der Waals surface area contributed by atoms with Crippen LogP contribution in [0.4, 0.5) is 22.0 Å². The van der Waals surface area contributed by atoms with Crippen molar-refractivity contribution in [3.8, 4) is 0 Å². The van der Waals surface area contributed by atoms with Crippen molar-refractivity contribution in [2.24, 2.45) is 0 Å². The van der Waals surface area contributed by atoms with Crippen molar-refractivity contribution in [1.29, 1.82) is 5.41 Å². The van der Waals surface area contributed by atoms with E-state index >= 15 is 0 Å². The molecule has 1 fully saturated rings. The van der Waals surface area contributed by atoms with Gasteiger partial charge in [-0.05, 0) is 43.2 Å². The largest absolute Gasteiger partial charge is 0.400 e. The Hall–Kier alpha value is -3.89.